The third kappa shape index (κ3) is 5.46. The van der Waals surface area contributed by atoms with Crippen LogP contribution in [0, 0.1) is 13.8 Å². The molecule has 1 aromatic carbocycles. The number of furan rings is 1. The van der Waals surface area contributed by atoms with E-state index in [0.717, 1.165) is 11.1 Å². The number of nitrogens with one attached hydrogen (secondary N) is 2. The molecule has 25 heavy (non-hydrogen) atoms. The van der Waals surface area contributed by atoms with E-state index in [1.807, 2.05) is 26.0 Å². The van der Waals surface area contributed by atoms with E-state index in [2.05, 4.69) is 26.6 Å². The summed E-state index contributed by atoms with van der Waals surface area (Å²) in [5.41, 5.74) is 2.65. The lowest BCUT2D eigenvalue weighted by Crippen LogP contribution is -2.32. The van der Waals surface area contributed by atoms with E-state index in [1.54, 1.807) is 12.1 Å². The Hall–Kier alpha value is -2.61. The maximum Gasteiger partial charge on any atom is 0.325 e. The first kappa shape index (κ1) is 18.7. The summed E-state index contributed by atoms with van der Waals surface area (Å²) in [6, 6.07) is 8.55. The van der Waals surface area contributed by atoms with E-state index in [0.29, 0.717) is 10.4 Å². The first-order valence-corrected chi connectivity index (χ1v) is 8.21. The normalized spacial score (nSPS) is 10.2. The second-order valence-corrected chi connectivity index (χ2v) is 6.02. The van der Waals surface area contributed by atoms with E-state index in [-0.39, 0.29) is 12.3 Å². The molecular weight excluding hydrogens is 392 g/mol. The van der Waals surface area contributed by atoms with Crippen molar-refractivity contribution in [3.63, 3.8) is 0 Å². The van der Waals surface area contributed by atoms with Crippen molar-refractivity contribution in [2.75, 3.05) is 18.5 Å². The number of anilines is 1. The van der Waals surface area contributed by atoms with Gasteiger partial charge in [-0.15, -0.1) is 0 Å². The number of carbonyl (C=O) groups is 3. The second-order valence-electron chi connectivity index (χ2n) is 5.24. The highest BCUT2D eigenvalue weighted by molar-refractivity contribution is 9.10. The van der Waals surface area contributed by atoms with Crippen molar-refractivity contribution >= 4 is 39.4 Å². The summed E-state index contributed by atoms with van der Waals surface area (Å²) in [6.07, 6.45) is 0. The van der Waals surface area contributed by atoms with Gasteiger partial charge < -0.3 is 19.8 Å². The van der Waals surface area contributed by atoms with Crippen molar-refractivity contribution in [1.82, 2.24) is 5.32 Å². The Balaban J connectivity index is 1.75. The summed E-state index contributed by atoms with van der Waals surface area (Å²) in [7, 11) is 0. The number of benzene rings is 1. The fraction of sp³-hybridized carbons (Fsp3) is 0.235. The molecule has 2 rings (SSSR count). The second kappa shape index (κ2) is 8.48. The minimum atomic E-state index is -0.727. The molecule has 8 heteroatoms. The molecule has 1 aromatic heterocycles. The zero-order valence-corrected chi connectivity index (χ0v) is 15.3. The highest BCUT2D eigenvalue weighted by Crippen LogP contribution is 2.17. The molecule has 132 valence electrons. The smallest absolute Gasteiger partial charge is 0.325 e. The monoisotopic (exact) mass is 408 g/mol. The highest BCUT2D eigenvalue weighted by Gasteiger charge is 2.14. The number of amides is 2. The van der Waals surface area contributed by atoms with Gasteiger partial charge in [0.1, 0.15) is 6.54 Å². The van der Waals surface area contributed by atoms with Crippen LogP contribution in [0.4, 0.5) is 5.69 Å². The largest absolute Gasteiger partial charge is 0.454 e. The first-order valence-electron chi connectivity index (χ1n) is 7.42. The summed E-state index contributed by atoms with van der Waals surface area (Å²) in [4.78, 5) is 35.2. The zero-order chi connectivity index (χ0) is 18.4. The van der Waals surface area contributed by atoms with Gasteiger partial charge in [0, 0.05) is 5.69 Å². The van der Waals surface area contributed by atoms with Crippen LogP contribution in [0.2, 0.25) is 0 Å². The number of hydrogen-bond donors (Lipinski definition) is 2. The summed E-state index contributed by atoms with van der Waals surface area (Å²) in [5.74, 6) is -1.67. The number of hydrogen-bond acceptors (Lipinski definition) is 5. The molecule has 0 unspecified atom stereocenters. The molecule has 2 N–H and O–H groups in total. The van der Waals surface area contributed by atoms with Crippen LogP contribution in [0.25, 0.3) is 0 Å². The zero-order valence-electron chi connectivity index (χ0n) is 13.7. The van der Waals surface area contributed by atoms with Gasteiger partial charge in [-0.25, -0.2) is 0 Å². The fourth-order valence-corrected chi connectivity index (χ4v) is 2.25. The van der Waals surface area contributed by atoms with Gasteiger partial charge in [-0.05, 0) is 59.1 Å². The molecule has 0 aliphatic carbocycles. The van der Waals surface area contributed by atoms with Crippen LogP contribution < -0.4 is 10.6 Å². The lowest BCUT2D eigenvalue weighted by Gasteiger charge is -2.10. The van der Waals surface area contributed by atoms with E-state index in [1.165, 1.54) is 6.07 Å². The van der Waals surface area contributed by atoms with Crippen LogP contribution in [0.15, 0.2) is 39.4 Å². The molecule has 0 fully saturated rings. The molecule has 0 aliphatic heterocycles. The molecule has 2 aromatic rings. The standard InChI is InChI=1S/C17H17BrN2O5/c1-10-4-3-5-12(11(10)2)20-15(21)9-24-16(22)8-19-17(23)13-6-7-14(18)25-13/h3-7H,8-9H2,1-2H3,(H,19,23)(H,20,21). The minimum Gasteiger partial charge on any atom is -0.454 e. The highest BCUT2D eigenvalue weighted by atomic mass is 79.9. The molecule has 0 bridgehead atoms. The number of carbonyl (C=O) groups excluding carboxylic acids is 3. The molecule has 2 amide bonds. The maximum atomic E-state index is 11.8. The van der Waals surface area contributed by atoms with Crippen molar-refractivity contribution in [2.45, 2.75) is 13.8 Å². The summed E-state index contributed by atoms with van der Waals surface area (Å²) in [5, 5.41) is 5.02. The molecule has 0 radical (unpaired) electrons. The molecule has 0 aliphatic rings. The molecule has 0 saturated carbocycles. The average Bonchev–Trinajstić information content (AvgIpc) is 3.01. The Kier molecular flexibility index (Phi) is 6.35. The van der Waals surface area contributed by atoms with E-state index in [9.17, 15) is 14.4 Å². The van der Waals surface area contributed by atoms with Gasteiger partial charge in [0.05, 0.1) is 0 Å². The lowest BCUT2D eigenvalue weighted by atomic mass is 10.1. The van der Waals surface area contributed by atoms with Gasteiger partial charge in [0.2, 0.25) is 0 Å². The molecular formula is C17H17BrN2O5. The number of rotatable bonds is 6. The van der Waals surface area contributed by atoms with Crippen molar-refractivity contribution in [1.29, 1.82) is 0 Å². The van der Waals surface area contributed by atoms with Crippen molar-refractivity contribution in [2.24, 2.45) is 0 Å². The summed E-state index contributed by atoms with van der Waals surface area (Å²) < 4.78 is 10.3. The van der Waals surface area contributed by atoms with Gasteiger partial charge in [0.25, 0.3) is 11.8 Å². The average molecular weight is 409 g/mol. The molecule has 0 saturated heterocycles. The predicted molar refractivity (Wildman–Crippen MR) is 94.2 cm³/mol. The van der Waals surface area contributed by atoms with Gasteiger partial charge in [-0.2, -0.15) is 0 Å². The van der Waals surface area contributed by atoms with Crippen LogP contribution in [-0.4, -0.2) is 30.9 Å². The molecule has 1 heterocycles. The Morgan fingerprint density at radius 1 is 1.16 bits per heavy atom. The van der Waals surface area contributed by atoms with Crippen LogP contribution in [0.3, 0.4) is 0 Å². The molecule has 7 nitrogen and oxygen atoms in total. The van der Waals surface area contributed by atoms with Crippen LogP contribution in [0.5, 0.6) is 0 Å². The van der Waals surface area contributed by atoms with Gasteiger partial charge in [-0.1, -0.05) is 12.1 Å². The van der Waals surface area contributed by atoms with Crippen LogP contribution in [0.1, 0.15) is 21.7 Å². The maximum absolute atomic E-state index is 11.8. The quantitative estimate of drug-likeness (QED) is 0.715. The fourth-order valence-electron chi connectivity index (χ4n) is 1.95. The third-order valence-corrected chi connectivity index (χ3v) is 3.86. The van der Waals surface area contributed by atoms with E-state index in [4.69, 9.17) is 9.15 Å². The Bertz CT molecular complexity index is 800. The molecule has 0 spiro atoms. The number of esters is 1. The first-order chi connectivity index (χ1) is 11.9. The van der Waals surface area contributed by atoms with Gasteiger partial charge in [-0.3, -0.25) is 14.4 Å². The van der Waals surface area contributed by atoms with Crippen molar-refractivity contribution in [3.8, 4) is 0 Å². The molecule has 0 atom stereocenters. The van der Waals surface area contributed by atoms with Crippen LogP contribution >= 0.6 is 15.9 Å². The SMILES string of the molecule is Cc1cccc(NC(=O)COC(=O)CNC(=O)c2ccc(Br)o2)c1C. The number of halogens is 1. The van der Waals surface area contributed by atoms with Crippen molar-refractivity contribution in [3.05, 3.63) is 51.9 Å². The topological polar surface area (TPSA) is 97.6 Å². The lowest BCUT2D eigenvalue weighted by molar-refractivity contribution is -0.146. The summed E-state index contributed by atoms with van der Waals surface area (Å²) in [6.45, 7) is 3.02. The van der Waals surface area contributed by atoms with Gasteiger partial charge >= 0.3 is 5.97 Å². The Morgan fingerprint density at radius 2 is 1.92 bits per heavy atom. The predicted octanol–water partition coefficient (Wildman–Crippen LogP) is 2.57. The number of aryl methyl sites for hydroxylation is 1. The van der Waals surface area contributed by atoms with Gasteiger partial charge in [0.15, 0.2) is 17.0 Å². The van der Waals surface area contributed by atoms with Crippen molar-refractivity contribution < 1.29 is 23.5 Å². The van der Waals surface area contributed by atoms with E-state index >= 15 is 0 Å². The van der Waals surface area contributed by atoms with Crippen LogP contribution in [-0.2, 0) is 14.3 Å². The third-order valence-electron chi connectivity index (χ3n) is 3.43. The Labute approximate surface area is 152 Å². The number of ether oxygens (including phenoxy) is 1. The van der Waals surface area contributed by atoms with E-state index < -0.39 is 24.4 Å². The minimum absolute atomic E-state index is 0.0624. The summed E-state index contributed by atoms with van der Waals surface area (Å²) >= 11 is 3.08. The Morgan fingerprint density at radius 3 is 2.60 bits per heavy atom.